The van der Waals surface area contributed by atoms with E-state index >= 15 is 0 Å². The van der Waals surface area contributed by atoms with E-state index in [1.807, 2.05) is 0 Å². The first kappa shape index (κ1) is 31.9. The maximum Gasteiger partial charge on any atom is 1.00 e. The van der Waals surface area contributed by atoms with Crippen molar-refractivity contribution in [3.63, 3.8) is 0 Å². The zero-order valence-electron chi connectivity index (χ0n) is 18.9. The van der Waals surface area contributed by atoms with Gasteiger partial charge in [0.15, 0.2) is 0 Å². The molecule has 0 spiro atoms. The summed E-state index contributed by atoms with van der Waals surface area (Å²) in [4.78, 5) is 3.92. The van der Waals surface area contributed by atoms with Crippen LogP contribution in [-0.4, -0.2) is 31.2 Å². The van der Waals surface area contributed by atoms with Gasteiger partial charge in [-0.1, -0.05) is 70.4 Å². The van der Waals surface area contributed by atoms with Crippen LogP contribution in [-0.2, 0) is 10.1 Å². The summed E-state index contributed by atoms with van der Waals surface area (Å²) < 4.78 is 29.7. The van der Waals surface area contributed by atoms with Crippen LogP contribution < -0.4 is 56.5 Å². The second-order valence-electron chi connectivity index (χ2n) is 7.60. The summed E-state index contributed by atoms with van der Waals surface area (Å²) in [6.07, 6.45) is 22.0. The number of allylic oxidation sites excluding steroid dienone is 2. The average Bonchev–Trinajstić information content (AvgIpc) is 2.63. The molecule has 1 N–H and O–H groups in total. The smallest absolute Gasteiger partial charge is 0.862 e. The molecule has 166 valence electrons. The van der Waals surface area contributed by atoms with E-state index in [4.69, 9.17) is 4.55 Å². The fourth-order valence-electron chi connectivity index (χ4n) is 3.03. The van der Waals surface area contributed by atoms with E-state index in [1.54, 1.807) is 0 Å². The molecule has 0 unspecified atom stereocenters. The van der Waals surface area contributed by atoms with Gasteiger partial charge in [-0.15, -0.1) is 0 Å². The normalized spacial score (nSPS) is 12.4. The van der Waals surface area contributed by atoms with Crippen molar-refractivity contribution in [1.29, 1.82) is 0 Å². The van der Waals surface area contributed by atoms with Gasteiger partial charge in [0.1, 0.15) is 0 Å². The van der Waals surface area contributed by atoms with Crippen molar-refractivity contribution in [2.45, 2.75) is 110 Å². The standard InChI is InChI=1S/C22H43NO4S.K/c1-2-3-4-5-6-7-8-9-10-11-12-13-14-15-16-19-22(24)23-20-17-18-21-28(25,26)27;/h9-10H,2-8,11-21H2,1H3,(H,23,24)(H,25,26,27);/q;+1/p-1/b10-9+;. The summed E-state index contributed by atoms with van der Waals surface area (Å²) in [5.41, 5.74) is 0. The van der Waals surface area contributed by atoms with Crippen molar-refractivity contribution < 1.29 is 69.5 Å². The fraction of sp³-hybridized carbons (Fsp3) is 0.864. The summed E-state index contributed by atoms with van der Waals surface area (Å²) in [5, 5.41) is 11.6. The quantitative estimate of drug-likeness (QED) is 0.0762. The van der Waals surface area contributed by atoms with E-state index < -0.39 is 10.1 Å². The van der Waals surface area contributed by atoms with Crippen molar-refractivity contribution in [2.24, 2.45) is 4.99 Å². The predicted octanol–water partition coefficient (Wildman–Crippen LogP) is 2.45. The minimum absolute atomic E-state index is 0. The predicted molar refractivity (Wildman–Crippen MR) is 117 cm³/mol. The Morgan fingerprint density at radius 3 is 1.90 bits per heavy atom. The molecule has 0 aromatic heterocycles. The summed E-state index contributed by atoms with van der Waals surface area (Å²) in [7, 11) is -3.89. The van der Waals surface area contributed by atoms with Crippen LogP contribution in [0.5, 0.6) is 0 Å². The van der Waals surface area contributed by atoms with E-state index in [0.717, 1.165) is 25.7 Å². The third-order valence-corrected chi connectivity index (χ3v) is 5.56. The summed E-state index contributed by atoms with van der Waals surface area (Å²) >= 11 is 0. The number of hydrogen-bond acceptors (Lipinski definition) is 4. The van der Waals surface area contributed by atoms with Crippen molar-refractivity contribution in [1.82, 2.24) is 0 Å². The number of hydrogen-bond donors (Lipinski definition) is 1. The molecule has 0 saturated carbocycles. The molecule has 0 fully saturated rings. The van der Waals surface area contributed by atoms with Crippen molar-refractivity contribution in [3.8, 4) is 0 Å². The molecule has 0 amide bonds. The topological polar surface area (TPSA) is 89.8 Å². The monoisotopic (exact) mass is 455 g/mol. The van der Waals surface area contributed by atoms with E-state index in [1.165, 1.54) is 57.8 Å². The summed E-state index contributed by atoms with van der Waals surface area (Å²) in [5.74, 6) is -0.352. The Labute approximate surface area is 222 Å². The molecular formula is C22H42KNO4S. The molecule has 5 nitrogen and oxygen atoms in total. The van der Waals surface area contributed by atoms with Crippen molar-refractivity contribution in [3.05, 3.63) is 12.2 Å². The van der Waals surface area contributed by atoms with Gasteiger partial charge in [-0.3, -0.25) is 4.55 Å². The molecule has 0 saturated heterocycles. The van der Waals surface area contributed by atoms with Gasteiger partial charge >= 0.3 is 51.4 Å². The molecule has 29 heavy (non-hydrogen) atoms. The zero-order valence-corrected chi connectivity index (χ0v) is 22.8. The SMILES string of the molecule is CCCCCCCC/C=C/CCCCCCCC([O-])=NCCCCS(=O)(=O)O.[K+]. The first-order valence-electron chi connectivity index (χ1n) is 11.3. The summed E-state index contributed by atoms with van der Waals surface area (Å²) in [6, 6.07) is 0. The molecule has 0 radical (unpaired) electrons. The molecule has 0 aliphatic rings. The minimum atomic E-state index is -3.89. The molecule has 0 aromatic rings. The molecule has 0 aliphatic heterocycles. The summed E-state index contributed by atoms with van der Waals surface area (Å²) in [6.45, 7) is 2.60. The van der Waals surface area contributed by atoms with Gasteiger partial charge in [-0.2, -0.15) is 8.42 Å². The molecule has 0 rings (SSSR count). The van der Waals surface area contributed by atoms with Crippen molar-refractivity contribution in [2.75, 3.05) is 12.3 Å². The Kier molecular flexibility index (Phi) is 25.8. The van der Waals surface area contributed by atoms with Crippen LogP contribution in [0.3, 0.4) is 0 Å². The maximum atomic E-state index is 11.6. The Bertz CT molecular complexity index is 507. The zero-order chi connectivity index (χ0) is 20.9. The van der Waals surface area contributed by atoms with Gasteiger partial charge in [-0.05, 0) is 57.3 Å². The number of aliphatic imine (C=N–C) groups is 1. The van der Waals surface area contributed by atoms with E-state index in [-0.39, 0.29) is 63.0 Å². The van der Waals surface area contributed by atoms with Crippen LogP contribution in [0.4, 0.5) is 0 Å². The first-order chi connectivity index (χ1) is 13.5. The minimum Gasteiger partial charge on any atom is -0.862 e. The molecule has 0 bridgehead atoms. The van der Waals surface area contributed by atoms with Gasteiger partial charge in [-0.25, -0.2) is 0 Å². The second-order valence-corrected chi connectivity index (χ2v) is 9.17. The Morgan fingerprint density at radius 1 is 0.828 bits per heavy atom. The van der Waals surface area contributed by atoms with Gasteiger partial charge in [0.05, 0.1) is 5.75 Å². The molecule has 0 aliphatic carbocycles. The second kappa shape index (κ2) is 23.4. The van der Waals surface area contributed by atoms with Gasteiger partial charge in [0, 0.05) is 6.54 Å². The molecule has 0 aromatic carbocycles. The van der Waals surface area contributed by atoms with Crippen LogP contribution in [0.25, 0.3) is 0 Å². The van der Waals surface area contributed by atoms with Crippen LogP contribution in [0.2, 0.25) is 0 Å². The largest absolute Gasteiger partial charge is 1.00 e. The Balaban J connectivity index is 0. The van der Waals surface area contributed by atoms with Crippen LogP contribution in [0.1, 0.15) is 110 Å². The van der Waals surface area contributed by atoms with Crippen molar-refractivity contribution >= 4 is 16.0 Å². The van der Waals surface area contributed by atoms with Gasteiger partial charge in [0.25, 0.3) is 10.1 Å². The number of rotatable bonds is 20. The first-order valence-corrected chi connectivity index (χ1v) is 12.9. The third-order valence-electron chi connectivity index (χ3n) is 4.75. The average molecular weight is 456 g/mol. The molecular weight excluding hydrogens is 413 g/mol. The number of unbranched alkanes of at least 4 members (excludes halogenated alkanes) is 12. The number of nitrogens with zero attached hydrogens (tertiary/aromatic N) is 1. The van der Waals surface area contributed by atoms with Gasteiger partial charge < -0.3 is 10.1 Å². The Hall–Kier alpha value is 0.756. The van der Waals surface area contributed by atoms with Crippen LogP contribution in [0.15, 0.2) is 17.1 Å². The van der Waals surface area contributed by atoms with E-state index in [2.05, 4.69) is 24.1 Å². The Morgan fingerprint density at radius 2 is 1.34 bits per heavy atom. The molecule has 0 atom stereocenters. The maximum absolute atomic E-state index is 11.6. The van der Waals surface area contributed by atoms with Crippen LogP contribution in [0, 0.1) is 0 Å². The third kappa shape index (κ3) is 28.8. The molecule has 7 heteroatoms. The van der Waals surface area contributed by atoms with E-state index in [9.17, 15) is 13.5 Å². The van der Waals surface area contributed by atoms with Gasteiger partial charge in [0.2, 0.25) is 0 Å². The fourth-order valence-corrected chi connectivity index (χ4v) is 3.59. The molecule has 0 heterocycles. The van der Waals surface area contributed by atoms with E-state index in [0.29, 0.717) is 25.8 Å². The van der Waals surface area contributed by atoms with Crippen LogP contribution >= 0.6 is 0 Å².